The van der Waals surface area contributed by atoms with E-state index in [2.05, 4.69) is 0 Å². The molecule has 6 nitrogen and oxygen atoms in total. The molecule has 0 heterocycles. The van der Waals surface area contributed by atoms with Crippen LogP contribution < -0.4 is 5.73 Å². The molecular formula is C13H10Cl2N2O4. The van der Waals surface area contributed by atoms with Gasteiger partial charge in [-0.25, -0.2) is 0 Å². The lowest BCUT2D eigenvalue weighted by atomic mass is 9.95. The van der Waals surface area contributed by atoms with Crippen LogP contribution in [0, 0.1) is 10.1 Å². The lowest BCUT2D eigenvalue weighted by molar-refractivity contribution is -0.421. The largest absolute Gasteiger partial charge is 0.510 e. The molecule has 0 bridgehead atoms. The van der Waals surface area contributed by atoms with Gasteiger partial charge in [-0.1, -0.05) is 23.2 Å². The first-order chi connectivity index (χ1) is 9.81. The number of rotatable bonds is 2. The molecule has 1 aliphatic rings. The van der Waals surface area contributed by atoms with Crippen LogP contribution in [-0.4, -0.2) is 21.2 Å². The number of nitrogens with zero attached hydrogens (tertiary/aromatic N) is 1. The normalized spacial score (nSPS) is 20.1. The lowest BCUT2D eigenvalue weighted by Crippen LogP contribution is -2.29. The third-order valence-electron chi connectivity index (χ3n) is 2.93. The number of phenolic OH excluding ortho intramolecular Hbond substituents is 1. The van der Waals surface area contributed by atoms with Crippen molar-refractivity contribution in [2.24, 2.45) is 5.73 Å². The van der Waals surface area contributed by atoms with E-state index in [1.807, 2.05) is 0 Å². The number of aromatic hydroxyl groups is 1. The molecule has 0 fully saturated rings. The van der Waals surface area contributed by atoms with E-state index < -0.39 is 11.0 Å². The van der Waals surface area contributed by atoms with Crippen molar-refractivity contribution in [3.63, 3.8) is 0 Å². The van der Waals surface area contributed by atoms with Crippen LogP contribution >= 0.6 is 23.2 Å². The average Bonchev–Trinajstić information content (AvgIpc) is 2.40. The monoisotopic (exact) mass is 328 g/mol. The summed E-state index contributed by atoms with van der Waals surface area (Å²) in [7, 11) is 0. The van der Waals surface area contributed by atoms with Gasteiger partial charge in [0.2, 0.25) is 0 Å². The number of halogens is 2. The highest BCUT2D eigenvalue weighted by Crippen LogP contribution is 2.34. The minimum absolute atomic E-state index is 0.00475. The minimum atomic E-state index is -1.08. The Morgan fingerprint density at radius 1 is 1.29 bits per heavy atom. The molecule has 0 saturated heterocycles. The van der Waals surface area contributed by atoms with Crippen LogP contribution in [0.4, 0.5) is 0 Å². The number of hydrogen-bond acceptors (Lipinski definition) is 5. The minimum Gasteiger partial charge on any atom is -0.510 e. The van der Waals surface area contributed by atoms with Crippen LogP contribution in [-0.2, 0) is 0 Å². The van der Waals surface area contributed by atoms with E-state index in [9.17, 15) is 20.3 Å². The van der Waals surface area contributed by atoms with Crippen LogP contribution in [0.3, 0.4) is 0 Å². The number of nitro groups is 1. The van der Waals surface area contributed by atoms with E-state index in [0.717, 1.165) is 12.2 Å². The van der Waals surface area contributed by atoms with Gasteiger partial charge in [-0.2, -0.15) is 0 Å². The van der Waals surface area contributed by atoms with Gasteiger partial charge in [-0.05, 0) is 24.3 Å². The first-order valence-corrected chi connectivity index (χ1v) is 6.47. The first kappa shape index (κ1) is 15.4. The third kappa shape index (κ3) is 3.02. The molecule has 110 valence electrons. The number of benzene rings is 1. The summed E-state index contributed by atoms with van der Waals surface area (Å²) in [4.78, 5) is 10.4. The number of nitrogens with two attached hydrogens (primary N) is 1. The van der Waals surface area contributed by atoms with Crippen molar-refractivity contribution in [1.82, 2.24) is 0 Å². The fourth-order valence-corrected chi connectivity index (χ4v) is 2.39. The lowest BCUT2D eigenvalue weighted by Gasteiger charge is -2.17. The van der Waals surface area contributed by atoms with Crippen LogP contribution in [0.25, 0.3) is 6.08 Å². The van der Waals surface area contributed by atoms with E-state index in [0.29, 0.717) is 0 Å². The SMILES string of the molecule is NC1C(O)=CC=C([N+](=O)[O-])C1=Cc1cc(Cl)cc(Cl)c1O. The quantitative estimate of drug-likeness (QED) is 0.571. The highest BCUT2D eigenvalue weighted by atomic mass is 35.5. The van der Waals surface area contributed by atoms with Gasteiger partial charge < -0.3 is 15.9 Å². The van der Waals surface area contributed by atoms with E-state index in [1.165, 1.54) is 18.2 Å². The summed E-state index contributed by atoms with van der Waals surface area (Å²) in [5, 5.41) is 30.8. The highest BCUT2D eigenvalue weighted by molar-refractivity contribution is 6.35. The van der Waals surface area contributed by atoms with E-state index in [-0.39, 0.29) is 38.4 Å². The zero-order chi connectivity index (χ0) is 15.7. The predicted molar refractivity (Wildman–Crippen MR) is 79.9 cm³/mol. The van der Waals surface area contributed by atoms with E-state index >= 15 is 0 Å². The van der Waals surface area contributed by atoms with Crippen LogP contribution in [0.15, 0.2) is 41.3 Å². The van der Waals surface area contributed by atoms with Gasteiger partial charge in [0.15, 0.2) is 0 Å². The molecule has 0 saturated carbocycles. The molecule has 1 unspecified atom stereocenters. The Bertz CT molecular complexity index is 710. The molecule has 1 aromatic carbocycles. The molecular weight excluding hydrogens is 319 g/mol. The topological polar surface area (TPSA) is 110 Å². The summed E-state index contributed by atoms with van der Waals surface area (Å²) in [5.41, 5.74) is 5.67. The Balaban J connectivity index is 2.60. The number of hydrogen-bond donors (Lipinski definition) is 3. The Labute approximate surface area is 129 Å². The van der Waals surface area contributed by atoms with Crippen LogP contribution in [0.1, 0.15) is 5.56 Å². The Hall–Kier alpha value is -2.02. The van der Waals surface area contributed by atoms with Crippen molar-refractivity contribution in [2.45, 2.75) is 6.04 Å². The molecule has 0 spiro atoms. The molecule has 1 aromatic rings. The molecule has 1 aliphatic carbocycles. The summed E-state index contributed by atoms with van der Waals surface area (Å²) in [6.45, 7) is 0. The van der Waals surface area contributed by atoms with E-state index in [1.54, 1.807) is 0 Å². The maximum absolute atomic E-state index is 11.0. The Kier molecular flexibility index (Phi) is 4.22. The van der Waals surface area contributed by atoms with Gasteiger partial charge in [0.05, 0.1) is 21.6 Å². The van der Waals surface area contributed by atoms with Gasteiger partial charge in [0.25, 0.3) is 5.70 Å². The smallest absolute Gasteiger partial charge is 0.274 e. The molecule has 0 aromatic heterocycles. The van der Waals surface area contributed by atoms with Gasteiger partial charge in [-0.3, -0.25) is 10.1 Å². The fourth-order valence-electron chi connectivity index (χ4n) is 1.88. The second-order valence-electron chi connectivity index (χ2n) is 4.30. The Morgan fingerprint density at radius 3 is 2.57 bits per heavy atom. The van der Waals surface area contributed by atoms with Crippen molar-refractivity contribution in [3.05, 3.63) is 67.0 Å². The summed E-state index contributed by atoms with van der Waals surface area (Å²) in [6, 6.07) is 1.64. The molecule has 1 atom stereocenters. The van der Waals surface area contributed by atoms with Crippen molar-refractivity contribution >= 4 is 29.3 Å². The Morgan fingerprint density at radius 2 is 1.95 bits per heavy atom. The molecule has 8 heteroatoms. The van der Waals surface area contributed by atoms with Crippen molar-refractivity contribution in [3.8, 4) is 5.75 Å². The second-order valence-corrected chi connectivity index (χ2v) is 5.15. The van der Waals surface area contributed by atoms with Gasteiger partial charge in [0, 0.05) is 16.7 Å². The van der Waals surface area contributed by atoms with Gasteiger partial charge in [-0.15, -0.1) is 0 Å². The van der Waals surface area contributed by atoms with Crippen molar-refractivity contribution < 1.29 is 15.1 Å². The number of allylic oxidation sites excluding steroid dienone is 2. The first-order valence-electron chi connectivity index (χ1n) is 5.72. The van der Waals surface area contributed by atoms with Crippen LogP contribution in [0.5, 0.6) is 5.75 Å². The number of aliphatic hydroxyl groups is 1. The molecule has 4 N–H and O–H groups in total. The van der Waals surface area contributed by atoms with Gasteiger partial charge in [0.1, 0.15) is 11.5 Å². The number of phenols is 1. The summed E-state index contributed by atoms with van der Waals surface area (Å²) >= 11 is 11.6. The molecule has 0 aliphatic heterocycles. The summed E-state index contributed by atoms with van der Waals surface area (Å²) in [6.07, 6.45) is 3.56. The fraction of sp³-hybridized carbons (Fsp3) is 0.0769. The molecule has 2 rings (SSSR count). The number of aliphatic hydroxyl groups excluding tert-OH is 1. The van der Waals surface area contributed by atoms with Crippen molar-refractivity contribution in [2.75, 3.05) is 0 Å². The molecule has 0 radical (unpaired) electrons. The predicted octanol–water partition coefficient (Wildman–Crippen LogP) is 3.03. The van der Waals surface area contributed by atoms with E-state index in [4.69, 9.17) is 28.9 Å². The second kappa shape index (κ2) is 5.77. The standard InChI is InChI=1S/C13H10Cl2N2O4/c14-7-3-6(13(19)9(15)5-7)4-8-10(17(20)21)1-2-11(18)12(8)16/h1-5,12,18-19H,16H2. The maximum Gasteiger partial charge on any atom is 0.274 e. The average molecular weight is 329 g/mol. The zero-order valence-corrected chi connectivity index (χ0v) is 12.0. The zero-order valence-electron chi connectivity index (χ0n) is 10.5. The highest BCUT2D eigenvalue weighted by Gasteiger charge is 2.29. The van der Waals surface area contributed by atoms with Crippen molar-refractivity contribution in [1.29, 1.82) is 0 Å². The summed E-state index contributed by atoms with van der Waals surface area (Å²) in [5.74, 6) is -0.503. The summed E-state index contributed by atoms with van der Waals surface area (Å²) < 4.78 is 0. The third-order valence-corrected chi connectivity index (χ3v) is 3.43. The molecule has 21 heavy (non-hydrogen) atoms. The van der Waals surface area contributed by atoms with Crippen LogP contribution in [0.2, 0.25) is 10.0 Å². The molecule has 0 amide bonds. The van der Waals surface area contributed by atoms with Gasteiger partial charge >= 0.3 is 0 Å². The maximum atomic E-state index is 11.0.